The molecule has 1 rings (SSSR count). The van der Waals surface area contributed by atoms with E-state index in [1.165, 1.54) is 0 Å². The molecule has 0 amide bonds. The molecule has 3 nitrogen and oxygen atoms in total. The zero-order valence-corrected chi connectivity index (χ0v) is 10.1. The quantitative estimate of drug-likeness (QED) is 0.787. The highest BCUT2D eigenvalue weighted by atomic mass is 79.9. The Bertz CT molecular complexity index is 379. The summed E-state index contributed by atoms with van der Waals surface area (Å²) in [5, 5.41) is 0. The fraction of sp³-hybridized carbons (Fsp3) is 0.273. The predicted molar refractivity (Wildman–Crippen MR) is 61.7 cm³/mol. The zero-order valence-electron chi connectivity index (χ0n) is 8.54. The Morgan fingerprint density at radius 1 is 1.20 bits per heavy atom. The lowest BCUT2D eigenvalue weighted by Gasteiger charge is -2.09. The van der Waals surface area contributed by atoms with Crippen LogP contribution in [0.15, 0.2) is 18.2 Å². The van der Waals surface area contributed by atoms with Crippen LogP contribution in [0.1, 0.15) is 0 Å². The minimum absolute atomic E-state index is 0.334. The first-order valence-corrected chi connectivity index (χ1v) is 5.04. The van der Waals surface area contributed by atoms with Gasteiger partial charge in [0.2, 0.25) is 0 Å². The molecular formula is C11H11BrO3. The van der Waals surface area contributed by atoms with Crippen molar-refractivity contribution in [3.05, 3.63) is 18.2 Å². The Morgan fingerprint density at radius 2 is 1.93 bits per heavy atom. The Hall–Kier alpha value is -1.34. The molecule has 0 radical (unpaired) electrons. The van der Waals surface area contributed by atoms with Crippen LogP contribution in [0.2, 0.25) is 0 Å². The van der Waals surface area contributed by atoms with Gasteiger partial charge < -0.3 is 14.2 Å². The maximum atomic E-state index is 5.35. The number of hydrogen-bond donors (Lipinski definition) is 0. The lowest BCUT2D eigenvalue weighted by Crippen LogP contribution is -1.95. The highest BCUT2D eigenvalue weighted by molar-refractivity contribution is 9.12. The maximum absolute atomic E-state index is 5.35. The second-order valence-corrected chi connectivity index (χ2v) is 2.97. The van der Waals surface area contributed by atoms with Gasteiger partial charge in [-0.15, -0.1) is 0 Å². The Labute approximate surface area is 97.5 Å². The molecule has 0 atom stereocenters. The zero-order chi connectivity index (χ0) is 11.1. The first-order chi connectivity index (χ1) is 7.31. The van der Waals surface area contributed by atoms with Crippen LogP contribution < -0.4 is 14.2 Å². The Kier molecular flexibility index (Phi) is 4.85. The van der Waals surface area contributed by atoms with E-state index in [1.54, 1.807) is 32.4 Å². The van der Waals surface area contributed by atoms with Crippen molar-refractivity contribution >= 4 is 15.9 Å². The fourth-order valence-corrected chi connectivity index (χ4v) is 1.17. The lowest BCUT2D eigenvalue weighted by molar-refractivity contribution is 0.342. The topological polar surface area (TPSA) is 27.7 Å². The van der Waals surface area contributed by atoms with Crippen LogP contribution in [0.3, 0.4) is 0 Å². The summed E-state index contributed by atoms with van der Waals surface area (Å²) in [5.41, 5.74) is 0. The van der Waals surface area contributed by atoms with Gasteiger partial charge in [-0.1, -0.05) is 0 Å². The molecule has 0 unspecified atom stereocenters. The predicted octanol–water partition coefficient (Wildman–Crippen LogP) is 2.44. The molecule has 4 heteroatoms. The van der Waals surface area contributed by atoms with Crippen molar-refractivity contribution in [1.29, 1.82) is 0 Å². The molecule has 0 aliphatic carbocycles. The molecule has 0 aliphatic heterocycles. The molecule has 0 heterocycles. The van der Waals surface area contributed by atoms with E-state index in [1.807, 2.05) is 0 Å². The second-order valence-electron chi connectivity index (χ2n) is 2.58. The molecule has 0 spiro atoms. The summed E-state index contributed by atoms with van der Waals surface area (Å²) >= 11 is 2.99. The summed E-state index contributed by atoms with van der Waals surface area (Å²) in [4.78, 5) is 2.57. The third-order valence-electron chi connectivity index (χ3n) is 1.73. The van der Waals surface area contributed by atoms with E-state index in [2.05, 4.69) is 26.7 Å². The highest BCUT2D eigenvalue weighted by Gasteiger charge is 2.04. The molecule has 0 saturated carbocycles. The molecule has 1 aromatic carbocycles. The molecular weight excluding hydrogens is 260 g/mol. The fourth-order valence-electron chi connectivity index (χ4n) is 1.05. The highest BCUT2D eigenvalue weighted by Crippen LogP contribution is 2.30. The summed E-state index contributed by atoms with van der Waals surface area (Å²) in [6, 6.07) is 5.35. The number of rotatable bonds is 4. The van der Waals surface area contributed by atoms with Crippen molar-refractivity contribution in [3.63, 3.8) is 0 Å². The van der Waals surface area contributed by atoms with Crippen molar-refractivity contribution in [2.75, 3.05) is 20.8 Å². The van der Waals surface area contributed by atoms with Crippen molar-refractivity contribution < 1.29 is 14.2 Å². The SMILES string of the molecule is COc1ccc(OCC#CBr)cc1OC. The van der Waals surface area contributed by atoms with Crippen LogP contribution >= 0.6 is 15.9 Å². The largest absolute Gasteiger partial charge is 0.493 e. The molecule has 0 fully saturated rings. The molecule has 0 aliphatic rings. The van der Waals surface area contributed by atoms with Gasteiger partial charge in [-0.3, -0.25) is 0 Å². The number of halogens is 1. The van der Waals surface area contributed by atoms with Crippen molar-refractivity contribution in [2.45, 2.75) is 0 Å². The van der Waals surface area contributed by atoms with E-state index >= 15 is 0 Å². The van der Waals surface area contributed by atoms with E-state index in [4.69, 9.17) is 14.2 Å². The maximum Gasteiger partial charge on any atom is 0.164 e. The standard InChI is InChI=1S/C11H11BrO3/c1-13-10-5-4-9(8-11(10)14-2)15-7-3-6-12/h4-5,8H,7H2,1-2H3. The minimum atomic E-state index is 0.334. The van der Waals surface area contributed by atoms with Gasteiger partial charge in [0, 0.05) is 22.0 Å². The Morgan fingerprint density at radius 3 is 2.53 bits per heavy atom. The molecule has 0 N–H and O–H groups in total. The summed E-state index contributed by atoms with van der Waals surface area (Å²) in [7, 11) is 3.18. The molecule has 0 saturated heterocycles. The van der Waals surface area contributed by atoms with Gasteiger partial charge in [-0.05, 0) is 22.9 Å². The minimum Gasteiger partial charge on any atom is -0.493 e. The first-order valence-electron chi connectivity index (χ1n) is 4.25. The van der Waals surface area contributed by atoms with Crippen molar-refractivity contribution in [3.8, 4) is 28.0 Å². The van der Waals surface area contributed by atoms with Crippen LogP contribution in [0.5, 0.6) is 17.2 Å². The van der Waals surface area contributed by atoms with E-state index < -0.39 is 0 Å². The third kappa shape index (κ3) is 3.37. The van der Waals surface area contributed by atoms with Crippen molar-refractivity contribution in [1.82, 2.24) is 0 Å². The lowest BCUT2D eigenvalue weighted by atomic mass is 10.3. The average molecular weight is 271 g/mol. The van der Waals surface area contributed by atoms with Gasteiger partial charge in [0.25, 0.3) is 0 Å². The van der Waals surface area contributed by atoms with Gasteiger partial charge in [0.05, 0.1) is 14.2 Å². The van der Waals surface area contributed by atoms with E-state index in [0.29, 0.717) is 23.9 Å². The number of ether oxygens (including phenoxy) is 3. The number of benzene rings is 1. The van der Waals surface area contributed by atoms with Crippen LogP contribution in [0.4, 0.5) is 0 Å². The molecule has 1 aromatic rings. The Balaban J connectivity index is 2.77. The van der Waals surface area contributed by atoms with Crippen LogP contribution in [-0.2, 0) is 0 Å². The molecule has 0 bridgehead atoms. The van der Waals surface area contributed by atoms with Gasteiger partial charge in [-0.25, -0.2) is 0 Å². The van der Waals surface area contributed by atoms with Crippen molar-refractivity contribution in [2.24, 2.45) is 0 Å². The summed E-state index contributed by atoms with van der Waals surface area (Å²) in [6.07, 6.45) is 0. The van der Waals surface area contributed by atoms with Crippen LogP contribution in [-0.4, -0.2) is 20.8 Å². The number of methoxy groups -OCH3 is 2. The average Bonchev–Trinajstić information content (AvgIpc) is 2.29. The summed E-state index contributed by atoms with van der Waals surface area (Å²) in [6.45, 7) is 0.334. The van der Waals surface area contributed by atoms with Crippen LogP contribution in [0, 0.1) is 10.8 Å². The summed E-state index contributed by atoms with van der Waals surface area (Å²) < 4.78 is 15.6. The normalized spacial score (nSPS) is 8.73. The monoisotopic (exact) mass is 270 g/mol. The van der Waals surface area contributed by atoms with Gasteiger partial charge >= 0.3 is 0 Å². The molecule has 80 valence electrons. The van der Waals surface area contributed by atoms with Crippen LogP contribution in [0.25, 0.3) is 0 Å². The molecule has 15 heavy (non-hydrogen) atoms. The smallest absolute Gasteiger partial charge is 0.164 e. The van der Waals surface area contributed by atoms with E-state index in [-0.39, 0.29) is 0 Å². The third-order valence-corrected chi connectivity index (χ3v) is 2.01. The van der Waals surface area contributed by atoms with Gasteiger partial charge in [0.15, 0.2) is 11.5 Å². The van der Waals surface area contributed by atoms with E-state index in [0.717, 1.165) is 0 Å². The van der Waals surface area contributed by atoms with Gasteiger partial charge in [0.1, 0.15) is 12.4 Å². The second kappa shape index (κ2) is 6.20. The van der Waals surface area contributed by atoms with E-state index in [9.17, 15) is 0 Å². The molecule has 0 aromatic heterocycles. The summed E-state index contributed by atoms with van der Waals surface area (Å²) in [5.74, 6) is 4.75. The number of hydrogen-bond acceptors (Lipinski definition) is 3. The first kappa shape index (κ1) is 11.7. The van der Waals surface area contributed by atoms with Gasteiger partial charge in [-0.2, -0.15) is 0 Å².